The Morgan fingerprint density at radius 2 is 2.10 bits per heavy atom. The minimum atomic E-state index is 0.183. The van der Waals surface area contributed by atoms with E-state index in [0.717, 1.165) is 41.8 Å². The van der Waals surface area contributed by atoms with Crippen molar-refractivity contribution in [2.75, 3.05) is 6.54 Å². The van der Waals surface area contributed by atoms with Crippen molar-refractivity contribution in [3.8, 4) is 5.88 Å². The number of pyridine rings is 1. The summed E-state index contributed by atoms with van der Waals surface area (Å²) in [6, 6.07) is 2.07. The maximum Gasteiger partial charge on any atom is 0.218 e. The van der Waals surface area contributed by atoms with Crippen molar-refractivity contribution in [3.63, 3.8) is 0 Å². The van der Waals surface area contributed by atoms with Crippen molar-refractivity contribution in [2.45, 2.75) is 58.5 Å². The van der Waals surface area contributed by atoms with Crippen molar-refractivity contribution in [3.05, 3.63) is 22.3 Å². The summed E-state index contributed by atoms with van der Waals surface area (Å²) in [7, 11) is 0. The summed E-state index contributed by atoms with van der Waals surface area (Å²) in [4.78, 5) is 4.43. The maximum absolute atomic E-state index is 6.13. The van der Waals surface area contributed by atoms with Gasteiger partial charge < -0.3 is 14.8 Å². The van der Waals surface area contributed by atoms with Gasteiger partial charge in [-0.2, -0.15) is 0 Å². The molecule has 1 saturated heterocycles. The van der Waals surface area contributed by atoms with Crippen LogP contribution in [-0.2, 0) is 11.3 Å². The lowest BCUT2D eigenvalue weighted by atomic mass is 10.0. The Hall–Kier alpha value is -0.650. The molecule has 0 aromatic carbocycles. The van der Waals surface area contributed by atoms with E-state index in [9.17, 15) is 0 Å². The molecule has 20 heavy (non-hydrogen) atoms. The van der Waals surface area contributed by atoms with Crippen LogP contribution in [0.5, 0.6) is 5.88 Å². The molecule has 2 heterocycles. The van der Waals surface area contributed by atoms with Crippen LogP contribution >= 0.6 is 15.9 Å². The largest absolute Gasteiger partial charge is 0.474 e. The minimum absolute atomic E-state index is 0.183. The van der Waals surface area contributed by atoms with Gasteiger partial charge >= 0.3 is 0 Å². The van der Waals surface area contributed by atoms with Gasteiger partial charge in [0.25, 0.3) is 0 Å². The molecule has 0 saturated carbocycles. The second kappa shape index (κ2) is 7.38. The van der Waals surface area contributed by atoms with Crippen molar-refractivity contribution < 1.29 is 9.47 Å². The van der Waals surface area contributed by atoms with Crippen LogP contribution in [0.4, 0.5) is 0 Å². The summed E-state index contributed by atoms with van der Waals surface area (Å²) in [5.74, 6) is 0.737. The molecule has 2 rings (SSSR count). The summed E-state index contributed by atoms with van der Waals surface area (Å²) in [5.41, 5.74) is 1.09. The predicted octanol–water partition coefficient (Wildman–Crippen LogP) is 3.29. The average Bonchev–Trinajstić information content (AvgIpc) is 2.38. The second-order valence-electron chi connectivity index (χ2n) is 5.37. The average molecular weight is 343 g/mol. The Morgan fingerprint density at radius 1 is 1.40 bits per heavy atom. The molecule has 1 N–H and O–H groups in total. The lowest BCUT2D eigenvalue weighted by molar-refractivity contribution is -0.0731. The molecule has 0 amide bonds. The summed E-state index contributed by atoms with van der Waals surface area (Å²) in [6.07, 6.45) is 4.30. The van der Waals surface area contributed by atoms with Gasteiger partial charge in [-0.25, -0.2) is 4.98 Å². The number of aromatic nitrogens is 1. The number of ether oxygens (including phenoxy) is 2. The highest BCUT2D eigenvalue weighted by Crippen LogP contribution is 2.26. The fourth-order valence-corrected chi connectivity index (χ4v) is 2.94. The molecule has 0 bridgehead atoms. The van der Waals surface area contributed by atoms with Crippen molar-refractivity contribution in [1.82, 2.24) is 10.3 Å². The van der Waals surface area contributed by atoms with Crippen LogP contribution in [0, 0.1) is 0 Å². The molecule has 1 aromatic heterocycles. The first-order valence-electron chi connectivity index (χ1n) is 7.25. The zero-order valence-electron chi connectivity index (χ0n) is 12.4. The van der Waals surface area contributed by atoms with Crippen molar-refractivity contribution in [2.24, 2.45) is 0 Å². The van der Waals surface area contributed by atoms with E-state index in [0.29, 0.717) is 0 Å². The molecule has 1 aliphatic rings. The molecule has 2 atom stereocenters. The third-order valence-corrected chi connectivity index (χ3v) is 3.82. The van der Waals surface area contributed by atoms with Crippen LogP contribution in [-0.4, -0.2) is 29.8 Å². The number of hydrogen-bond acceptors (Lipinski definition) is 4. The van der Waals surface area contributed by atoms with Crippen molar-refractivity contribution in [1.29, 1.82) is 0 Å². The van der Waals surface area contributed by atoms with Gasteiger partial charge in [-0.3, -0.25) is 0 Å². The third-order valence-electron chi connectivity index (χ3n) is 3.39. The molecule has 1 aromatic rings. The standard InChI is InChI=1S/C15H23BrN2O2/c1-4-17-8-12-7-13(16)9-18-15(12)20-14-5-10(2)19-11(3)6-14/h7,9-11,14,17H,4-6,8H2,1-3H3. The Balaban J connectivity index is 2.07. The van der Waals surface area contributed by atoms with Crippen LogP contribution in [0.25, 0.3) is 0 Å². The SMILES string of the molecule is CCNCc1cc(Br)cnc1OC1CC(C)OC(C)C1. The Kier molecular flexibility index (Phi) is 5.81. The lowest BCUT2D eigenvalue weighted by Crippen LogP contribution is -2.36. The highest BCUT2D eigenvalue weighted by atomic mass is 79.9. The van der Waals surface area contributed by atoms with Crippen LogP contribution in [0.2, 0.25) is 0 Å². The highest BCUT2D eigenvalue weighted by molar-refractivity contribution is 9.10. The third kappa shape index (κ3) is 4.43. The molecule has 0 radical (unpaired) electrons. The van der Waals surface area contributed by atoms with Gasteiger partial charge in [-0.15, -0.1) is 0 Å². The summed E-state index contributed by atoms with van der Waals surface area (Å²) in [6.45, 7) is 7.98. The summed E-state index contributed by atoms with van der Waals surface area (Å²) < 4.78 is 12.9. The van der Waals surface area contributed by atoms with E-state index >= 15 is 0 Å². The van der Waals surface area contributed by atoms with Gasteiger partial charge in [0.1, 0.15) is 6.10 Å². The second-order valence-corrected chi connectivity index (χ2v) is 6.28. The van der Waals surface area contributed by atoms with E-state index in [1.807, 2.05) is 0 Å². The van der Waals surface area contributed by atoms with Gasteiger partial charge in [-0.05, 0) is 42.4 Å². The predicted molar refractivity (Wildman–Crippen MR) is 83.0 cm³/mol. The monoisotopic (exact) mass is 342 g/mol. The highest BCUT2D eigenvalue weighted by Gasteiger charge is 2.26. The quantitative estimate of drug-likeness (QED) is 0.891. The zero-order valence-corrected chi connectivity index (χ0v) is 13.9. The van der Waals surface area contributed by atoms with Crippen LogP contribution in [0.3, 0.4) is 0 Å². The van der Waals surface area contributed by atoms with Gasteiger partial charge in [0, 0.05) is 35.6 Å². The van der Waals surface area contributed by atoms with Crippen LogP contribution in [0.1, 0.15) is 39.2 Å². The lowest BCUT2D eigenvalue weighted by Gasteiger charge is -2.32. The number of nitrogens with one attached hydrogen (secondary N) is 1. The Labute approximate surface area is 129 Å². The van der Waals surface area contributed by atoms with E-state index in [-0.39, 0.29) is 18.3 Å². The maximum atomic E-state index is 6.13. The van der Waals surface area contributed by atoms with Crippen molar-refractivity contribution >= 4 is 15.9 Å². The molecule has 0 aliphatic carbocycles. The number of hydrogen-bond donors (Lipinski definition) is 1. The van der Waals surface area contributed by atoms with E-state index < -0.39 is 0 Å². The zero-order chi connectivity index (χ0) is 14.5. The molecular weight excluding hydrogens is 320 g/mol. The molecule has 5 heteroatoms. The molecule has 1 fully saturated rings. The summed E-state index contributed by atoms with van der Waals surface area (Å²) >= 11 is 3.47. The number of nitrogens with zero attached hydrogens (tertiary/aromatic N) is 1. The number of halogens is 1. The number of rotatable bonds is 5. The fourth-order valence-electron chi connectivity index (χ4n) is 2.56. The van der Waals surface area contributed by atoms with Gasteiger partial charge in [0.15, 0.2) is 0 Å². The first kappa shape index (κ1) is 15.7. The Bertz CT molecular complexity index is 432. The molecular formula is C15H23BrN2O2. The first-order chi connectivity index (χ1) is 9.58. The molecule has 1 aliphatic heterocycles. The Morgan fingerprint density at radius 3 is 2.75 bits per heavy atom. The van der Waals surface area contributed by atoms with Gasteiger partial charge in [0.05, 0.1) is 12.2 Å². The normalized spacial score (nSPS) is 26.5. The van der Waals surface area contributed by atoms with E-state index in [4.69, 9.17) is 9.47 Å². The molecule has 2 unspecified atom stereocenters. The molecule has 112 valence electrons. The van der Waals surface area contributed by atoms with E-state index in [1.165, 1.54) is 0 Å². The fraction of sp³-hybridized carbons (Fsp3) is 0.667. The van der Waals surface area contributed by atoms with Gasteiger partial charge in [-0.1, -0.05) is 6.92 Å². The van der Waals surface area contributed by atoms with Crippen LogP contribution in [0.15, 0.2) is 16.7 Å². The van der Waals surface area contributed by atoms with Crippen LogP contribution < -0.4 is 10.1 Å². The topological polar surface area (TPSA) is 43.4 Å². The molecule has 4 nitrogen and oxygen atoms in total. The minimum Gasteiger partial charge on any atom is -0.474 e. The van der Waals surface area contributed by atoms with E-state index in [1.54, 1.807) is 6.20 Å². The first-order valence-corrected chi connectivity index (χ1v) is 8.05. The van der Waals surface area contributed by atoms with Gasteiger partial charge in [0.2, 0.25) is 5.88 Å². The molecule has 0 spiro atoms. The summed E-state index contributed by atoms with van der Waals surface area (Å²) in [5, 5.41) is 3.32. The smallest absolute Gasteiger partial charge is 0.218 e. The van der Waals surface area contributed by atoms with E-state index in [2.05, 4.69) is 53.1 Å².